The fourth-order valence-corrected chi connectivity index (χ4v) is 4.51. The van der Waals surface area contributed by atoms with Crippen molar-refractivity contribution in [1.29, 1.82) is 0 Å². The molecule has 134 valence electrons. The molecule has 1 aliphatic heterocycles. The summed E-state index contributed by atoms with van der Waals surface area (Å²) in [5, 5.41) is 7.74. The Hall–Kier alpha value is -2.78. The lowest BCUT2D eigenvalue weighted by atomic mass is 10.1. The summed E-state index contributed by atoms with van der Waals surface area (Å²) in [5.74, 6) is 0.594. The summed E-state index contributed by atoms with van der Waals surface area (Å²) in [5.41, 5.74) is 1.26. The molecule has 26 heavy (non-hydrogen) atoms. The van der Waals surface area contributed by atoms with Crippen LogP contribution in [0.15, 0.2) is 41.6 Å². The molecule has 0 fully saturated rings. The maximum absolute atomic E-state index is 12.8. The molecule has 0 bridgehead atoms. The number of benzene rings is 2. The number of rotatable bonds is 6. The number of hydrogen-bond donors (Lipinski definition) is 2. The van der Waals surface area contributed by atoms with Crippen molar-refractivity contribution >= 4 is 32.4 Å². The second-order valence-corrected chi connectivity index (χ2v) is 7.84. The average molecular weight is 371 g/mol. The number of nitrogens with zero attached hydrogens (tertiary/aromatic N) is 3. The van der Waals surface area contributed by atoms with Crippen LogP contribution in [-0.2, 0) is 16.4 Å². The molecule has 4 rings (SSSR count). The first-order valence-electron chi connectivity index (χ1n) is 8.17. The molecule has 9 heteroatoms. The Morgan fingerprint density at radius 1 is 1.23 bits per heavy atom. The Morgan fingerprint density at radius 3 is 2.85 bits per heavy atom. The van der Waals surface area contributed by atoms with Crippen LogP contribution in [0.3, 0.4) is 0 Å². The van der Waals surface area contributed by atoms with Crippen LogP contribution in [0.2, 0.25) is 0 Å². The van der Waals surface area contributed by atoms with Crippen LogP contribution in [0.4, 0.5) is 5.69 Å². The molecule has 8 nitrogen and oxygen atoms in total. The summed E-state index contributed by atoms with van der Waals surface area (Å²) < 4.78 is 28.2. The molecule has 0 radical (unpaired) electrons. The van der Waals surface area contributed by atoms with Crippen LogP contribution in [0, 0.1) is 0 Å². The van der Waals surface area contributed by atoms with Gasteiger partial charge in [-0.1, -0.05) is 12.1 Å². The molecule has 0 atom stereocenters. The first-order valence-corrected chi connectivity index (χ1v) is 9.65. The lowest BCUT2D eigenvalue weighted by molar-refractivity contribution is 0.0999. The fourth-order valence-electron chi connectivity index (χ4n) is 3.23. The van der Waals surface area contributed by atoms with Gasteiger partial charge in [0, 0.05) is 36.3 Å². The van der Waals surface area contributed by atoms with E-state index in [1.807, 2.05) is 0 Å². The van der Waals surface area contributed by atoms with Crippen LogP contribution >= 0.6 is 0 Å². The third-order valence-corrected chi connectivity index (χ3v) is 6.03. The third-order valence-electron chi connectivity index (χ3n) is 4.51. The third kappa shape index (κ3) is 2.65. The minimum atomic E-state index is -3.69. The highest BCUT2D eigenvalue weighted by molar-refractivity contribution is 7.89. The molecule has 2 N–H and O–H groups in total. The SMILES string of the molecule is CN1C(=O)c2cccc3c(S(=O)(=O)NCCCc4ncn[nH]4)ccc1c23. The molecule has 0 saturated heterocycles. The van der Waals surface area contributed by atoms with Crippen molar-refractivity contribution in [2.75, 3.05) is 18.5 Å². The van der Waals surface area contributed by atoms with Gasteiger partial charge in [0.25, 0.3) is 5.91 Å². The van der Waals surface area contributed by atoms with Crippen molar-refractivity contribution in [3.8, 4) is 0 Å². The molecule has 0 aliphatic carbocycles. The highest BCUT2D eigenvalue weighted by Gasteiger charge is 2.29. The lowest BCUT2D eigenvalue weighted by Gasteiger charge is -2.12. The number of carbonyl (C=O) groups excluding carboxylic acids is 1. The number of sulfonamides is 1. The van der Waals surface area contributed by atoms with E-state index in [2.05, 4.69) is 19.9 Å². The molecule has 0 saturated carbocycles. The maximum Gasteiger partial charge on any atom is 0.258 e. The van der Waals surface area contributed by atoms with Crippen molar-refractivity contribution in [3.63, 3.8) is 0 Å². The van der Waals surface area contributed by atoms with Crippen molar-refractivity contribution in [1.82, 2.24) is 19.9 Å². The summed E-state index contributed by atoms with van der Waals surface area (Å²) in [4.78, 5) is 18.0. The first-order chi connectivity index (χ1) is 12.5. The van der Waals surface area contributed by atoms with Crippen LogP contribution in [0.5, 0.6) is 0 Å². The van der Waals surface area contributed by atoms with E-state index in [-0.39, 0.29) is 17.3 Å². The van der Waals surface area contributed by atoms with Gasteiger partial charge < -0.3 is 4.90 Å². The quantitative estimate of drug-likeness (QED) is 0.638. The zero-order valence-electron chi connectivity index (χ0n) is 14.1. The van der Waals surface area contributed by atoms with Gasteiger partial charge in [-0.3, -0.25) is 9.89 Å². The average Bonchev–Trinajstić information content (AvgIpc) is 3.23. The van der Waals surface area contributed by atoms with E-state index < -0.39 is 10.0 Å². The highest BCUT2D eigenvalue weighted by Crippen LogP contribution is 2.39. The van der Waals surface area contributed by atoms with Gasteiger partial charge in [0.2, 0.25) is 10.0 Å². The number of H-pyrrole nitrogens is 1. The molecule has 2 aromatic carbocycles. The highest BCUT2D eigenvalue weighted by atomic mass is 32.2. The smallest absolute Gasteiger partial charge is 0.258 e. The van der Waals surface area contributed by atoms with Gasteiger partial charge in [-0.25, -0.2) is 18.1 Å². The minimum Gasteiger partial charge on any atom is -0.311 e. The number of anilines is 1. The van der Waals surface area contributed by atoms with E-state index in [0.717, 1.165) is 11.5 Å². The normalized spacial score (nSPS) is 13.7. The Kier molecular flexibility index (Phi) is 3.97. The van der Waals surface area contributed by atoms with Crippen molar-refractivity contribution in [3.05, 3.63) is 48.0 Å². The summed E-state index contributed by atoms with van der Waals surface area (Å²) >= 11 is 0. The Bertz CT molecular complexity index is 1090. The number of aromatic amines is 1. The van der Waals surface area contributed by atoms with E-state index in [0.29, 0.717) is 29.2 Å². The summed E-state index contributed by atoms with van der Waals surface area (Å²) in [6.45, 7) is 0.283. The minimum absolute atomic E-state index is 0.125. The monoisotopic (exact) mass is 371 g/mol. The largest absolute Gasteiger partial charge is 0.311 e. The molecule has 1 aliphatic rings. The van der Waals surface area contributed by atoms with Gasteiger partial charge in [-0.05, 0) is 24.6 Å². The van der Waals surface area contributed by atoms with Gasteiger partial charge in [0.15, 0.2) is 0 Å². The van der Waals surface area contributed by atoms with Crippen molar-refractivity contribution < 1.29 is 13.2 Å². The standard InChI is InChI=1S/C17H17N5O3S/c1-22-13-7-8-14(11-4-2-5-12(16(11)13)17(22)23)26(24,25)20-9-3-6-15-18-10-19-21-15/h2,4-5,7-8,10,20H,3,6,9H2,1H3,(H,18,19,21). The number of aromatic nitrogens is 3. The Balaban J connectivity index is 1.61. The van der Waals surface area contributed by atoms with Crippen LogP contribution < -0.4 is 9.62 Å². The van der Waals surface area contributed by atoms with Gasteiger partial charge in [0.1, 0.15) is 12.2 Å². The zero-order valence-corrected chi connectivity index (χ0v) is 14.9. The first kappa shape index (κ1) is 16.7. The number of hydrogen-bond acceptors (Lipinski definition) is 5. The summed E-state index contributed by atoms with van der Waals surface area (Å²) in [6.07, 6.45) is 2.62. The van der Waals surface area contributed by atoms with E-state index in [4.69, 9.17) is 0 Å². The Morgan fingerprint density at radius 2 is 2.08 bits per heavy atom. The number of amides is 1. The molecule has 0 unspecified atom stereocenters. The molecule has 3 aromatic rings. The number of nitrogens with one attached hydrogen (secondary N) is 2. The van der Waals surface area contributed by atoms with Crippen LogP contribution in [-0.4, -0.2) is 43.1 Å². The maximum atomic E-state index is 12.8. The van der Waals surface area contributed by atoms with E-state index >= 15 is 0 Å². The molecule has 2 heterocycles. The topological polar surface area (TPSA) is 108 Å². The molecule has 1 aromatic heterocycles. The van der Waals surface area contributed by atoms with E-state index in [9.17, 15) is 13.2 Å². The summed E-state index contributed by atoms with van der Waals surface area (Å²) in [6, 6.07) is 8.40. The second-order valence-electron chi connectivity index (χ2n) is 6.11. The van der Waals surface area contributed by atoms with E-state index in [1.54, 1.807) is 42.3 Å². The number of carbonyl (C=O) groups is 1. The molecule has 0 spiro atoms. The molecular weight excluding hydrogens is 354 g/mol. The fraction of sp³-hybridized carbons (Fsp3) is 0.235. The molecule has 1 amide bonds. The molecular formula is C17H17N5O3S. The van der Waals surface area contributed by atoms with Gasteiger partial charge in [-0.2, -0.15) is 5.10 Å². The summed E-state index contributed by atoms with van der Waals surface area (Å²) in [7, 11) is -2.01. The predicted molar refractivity (Wildman–Crippen MR) is 96.6 cm³/mol. The zero-order chi connectivity index (χ0) is 18.3. The van der Waals surface area contributed by atoms with Gasteiger partial charge >= 0.3 is 0 Å². The van der Waals surface area contributed by atoms with Crippen molar-refractivity contribution in [2.24, 2.45) is 0 Å². The second kappa shape index (κ2) is 6.19. The van der Waals surface area contributed by atoms with Crippen LogP contribution in [0.25, 0.3) is 10.8 Å². The lowest BCUT2D eigenvalue weighted by Crippen LogP contribution is -2.25. The Labute approximate surface area is 150 Å². The van der Waals surface area contributed by atoms with E-state index in [1.165, 1.54) is 6.33 Å². The van der Waals surface area contributed by atoms with Crippen LogP contribution in [0.1, 0.15) is 22.6 Å². The van der Waals surface area contributed by atoms with Crippen molar-refractivity contribution in [2.45, 2.75) is 17.7 Å². The van der Waals surface area contributed by atoms with Gasteiger partial charge in [0.05, 0.1) is 10.6 Å². The van der Waals surface area contributed by atoms with Gasteiger partial charge in [-0.15, -0.1) is 0 Å². The number of aryl methyl sites for hydroxylation is 1. The predicted octanol–water partition coefficient (Wildman–Crippen LogP) is 1.46.